The van der Waals surface area contributed by atoms with Gasteiger partial charge in [0.1, 0.15) is 18.5 Å². The van der Waals surface area contributed by atoms with E-state index in [2.05, 4.69) is 33.0 Å². The van der Waals surface area contributed by atoms with Gasteiger partial charge >= 0.3 is 11.9 Å². The number of hydrogen-bond acceptors (Lipinski definition) is 7. The fourth-order valence-electron chi connectivity index (χ4n) is 7.31. The number of likely N-dealkylation sites (N-methyl/N-ethyl adjacent to an activating group) is 1. The van der Waals surface area contributed by atoms with Crippen molar-refractivity contribution in [3.63, 3.8) is 0 Å². The molecule has 3 rings (SSSR count). The van der Waals surface area contributed by atoms with Gasteiger partial charge in [-0.3, -0.25) is 9.59 Å². The minimum atomic E-state index is -1.11. The van der Waals surface area contributed by atoms with E-state index in [9.17, 15) is 19.5 Å². The van der Waals surface area contributed by atoms with Crippen LogP contribution in [-0.2, 0) is 23.9 Å². The van der Waals surface area contributed by atoms with E-state index in [1.807, 2.05) is 7.05 Å². The van der Waals surface area contributed by atoms with Gasteiger partial charge in [-0.25, -0.2) is 4.79 Å². The molecule has 0 radical (unpaired) electrons. The highest BCUT2D eigenvalue weighted by atomic mass is 16.5. The van der Waals surface area contributed by atoms with Crippen molar-refractivity contribution in [2.75, 3.05) is 20.2 Å². The number of carbonyl (C=O) groups is 3. The molecule has 6 unspecified atom stereocenters. The summed E-state index contributed by atoms with van der Waals surface area (Å²) in [5.41, 5.74) is -0.473. The van der Waals surface area contributed by atoms with E-state index in [0.29, 0.717) is 19.6 Å². The molecule has 7 heteroatoms. The lowest BCUT2D eigenvalue weighted by molar-refractivity contribution is -0.191. The van der Waals surface area contributed by atoms with Crippen molar-refractivity contribution >= 4 is 17.7 Å². The van der Waals surface area contributed by atoms with Gasteiger partial charge in [0.25, 0.3) is 0 Å². The van der Waals surface area contributed by atoms with Gasteiger partial charge in [0, 0.05) is 30.4 Å². The zero-order chi connectivity index (χ0) is 26.2. The quantitative estimate of drug-likeness (QED) is 0.317. The molecule has 35 heavy (non-hydrogen) atoms. The summed E-state index contributed by atoms with van der Waals surface area (Å²) in [5, 5.41) is 13.0. The van der Waals surface area contributed by atoms with Gasteiger partial charge in [0.15, 0.2) is 0 Å². The summed E-state index contributed by atoms with van der Waals surface area (Å²) in [5.74, 6) is -0.178. The summed E-state index contributed by atoms with van der Waals surface area (Å²) in [7, 11) is 1.81. The summed E-state index contributed by atoms with van der Waals surface area (Å²) >= 11 is 0. The van der Waals surface area contributed by atoms with Crippen molar-refractivity contribution < 1.29 is 29.0 Å². The lowest BCUT2D eigenvalue weighted by Gasteiger charge is -2.62. The maximum absolute atomic E-state index is 13.6. The van der Waals surface area contributed by atoms with Crippen molar-refractivity contribution in [3.8, 4) is 0 Å². The number of fused-ring (bicyclic) bond motifs is 3. The van der Waals surface area contributed by atoms with E-state index < -0.39 is 5.60 Å². The van der Waals surface area contributed by atoms with Crippen molar-refractivity contribution in [1.29, 1.82) is 0 Å². The predicted molar refractivity (Wildman–Crippen MR) is 133 cm³/mol. The number of esters is 2. The predicted octanol–water partition coefficient (Wildman–Crippen LogP) is 3.83. The van der Waals surface area contributed by atoms with Crippen LogP contribution in [0.25, 0.3) is 0 Å². The number of rotatable bonds is 7. The van der Waals surface area contributed by atoms with Crippen molar-refractivity contribution in [2.45, 2.75) is 91.8 Å². The molecule has 0 amide bonds. The third kappa shape index (κ3) is 5.82. The SMILES string of the molecule is CNCCOC(=O)C=C1CCC2C(C(=O)CC3C(C)(C)C(OC(=O)CC(C)(C)O)CCC23C)C1C. The molecule has 0 aromatic carbocycles. The highest BCUT2D eigenvalue weighted by Crippen LogP contribution is 2.64. The van der Waals surface area contributed by atoms with E-state index in [1.165, 1.54) is 0 Å². The fourth-order valence-corrected chi connectivity index (χ4v) is 7.31. The lowest BCUT2D eigenvalue weighted by atomic mass is 9.42. The Labute approximate surface area is 210 Å². The molecule has 6 atom stereocenters. The molecule has 2 N–H and O–H groups in total. The van der Waals surface area contributed by atoms with Crippen molar-refractivity contribution in [3.05, 3.63) is 11.6 Å². The summed E-state index contributed by atoms with van der Waals surface area (Å²) in [6.45, 7) is 12.8. The highest BCUT2D eigenvalue weighted by molar-refractivity contribution is 5.86. The molecule has 3 aliphatic rings. The summed E-state index contributed by atoms with van der Waals surface area (Å²) in [6, 6.07) is 0. The average molecular weight is 492 g/mol. The molecule has 3 saturated carbocycles. The third-order valence-corrected chi connectivity index (χ3v) is 9.14. The van der Waals surface area contributed by atoms with Crippen LogP contribution in [0.4, 0.5) is 0 Å². The first-order chi connectivity index (χ1) is 16.2. The number of carbonyl (C=O) groups excluding carboxylic acids is 3. The Morgan fingerprint density at radius 3 is 2.54 bits per heavy atom. The molecule has 0 saturated heterocycles. The summed E-state index contributed by atoms with van der Waals surface area (Å²) in [6.07, 6.45) is 5.08. The molecule has 0 aliphatic heterocycles. The monoisotopic (exact) mass is 491 g/mol. The maximum atomic E-state index is 13.6. The van der Waals surface area contributed by atoms with Crippen molar-refractivity contribution in [2.24, 2.45) is 34.5 Å². The Hall–Kier alpha value is -1.73. The number of hydrogen-bond donors (Lipinski definition) is 2. The van der Waals surface area contributed by atoms with Gasteiger partial charge in [-0.05, 0) is 69.7 Å². The zero-order valence-corrected chi connectivity index (χ0v) is 22.6. The Kier molecular flexibility index (Phi) is 8.22. The molecular weight excluding hydrogens is 446 g/mol. The van der Waals surface area contributed by atoms with Crippen LogP contribution in [0.2, 0.25) is 0 Å². The van der Waals surface area contributed by atoms with Crippen LogP contribution < -0.4 is 5.32 Å². The molecule has 0 spiro atoms. The van der Waals surface area contributed by atoms with Crippen LogP contribution in [0.15, 0.2) is 11.6 Å². The molecule has 3 fully saturated rings. The molecule has 3 aliphatic carbocycles. The van der Waals surface area contributed by atoms with Crippen LogP contribution in [0.3, 0.4) is 0 Å². The fraction of sp³-hybridized carbons (Fsp3) is 0.821. The van der Waals surface area contributed by atoms with Gasteiger partial charge in [0.05, 0.1) is 12.0 Å². The van der Waals surface area contributed by atoms with Gasteiger partial charge in [0.2, 0.25) is 0 Å². The zero-order valence-electron chi connectivity index (χ0n) is 22.6. The van der Waals surface area contributed by atoms with Gasteiger partial charge in [-0.15, -0.1) is 0 Å². The van der Waals surface area contributed by atoms with E-state index in [0.717, 1.165) is 31.3 Å². The smallest absolute Gasteiger partial charge is 0.330 e. The number of allylic oxidation sites excluding steroid dienone is 1. The number of nitrogens with one attached hydrogen (secondary N) is 1. The summed E-state index contributed by atoms with van der Waals surface area (Å²) in [4.78, 5) is 38.4. The molecule has 0 bridgehead atoms. The minimum absolute atomic E-state index is 0.0151. The Morgan fingerprint density at radius 1 is 1.23 bits per heavy atom. The van der Waals surface area contributed by atoms with Crippen LogP contribution in [-0.4, -0.2) is 54.7 Å². The van der Waals surface area contributed by atoms with Gasteiger partial charge in [-0.1, -0.05) is 33.3 Å². The molecule has 7 nitrogen and oxygen atoms in total. The Bertz CT molecular complexity index is 856. The topological polar surface area (TPSA) is 102 Å². The van der Waals surface area contributed by atoms with Gasteiger partial charge < -0.3 is 19.9 Å². The third-order valence-electron chi connectivity index (χ3n) is 9.14. The van der Waals surface area contributed by atoms with Crippen LogP contribution in [0.5, 0.6) is 0 Å². The van der Waals surface area contributed by atoms with E-state index in [1.54, 1.807) is 19.9 Å². The van der Waals surface area contributed by atoms with Crippen LogP contribution in [0, 0.1) is 34.5 Å². The van der Waals surface area contributed by atoms with Gasteiger partial charge in [-0.2, -0.15) is 0 Å². The maximum Gasteiger partial charge on any atom is 0.330 e. The minimum Gasteiger partial charge on any atom is -0.462 e. The number of Topliss-reactive ketones (excluding diaryl/α,β-unsaturated/α-hetero) is 1. The largest absolute Gasteiger partial charge is 0.462 e. The molecule has 0 heterocycles. The normalized spacial score (nSPS) is 35.7. The first-order valence-corrected chi connectivity index (χ1v) is 13.2. The standard InChI is InChI=1S/C28H45NO6/c1-17-18(14-23(31)34-13-12-29-7)8-9-19-25(17)20(30)15-21-27(4,5)22(10-11-28(19,21)6)35-24(32)16-26(2,3)33/h14,17,19,21-22,25,29,33H,8-13,15-16H2,1-7H3. The van der Waals surface area contributed by atoms with E-state index >= 15 is 0 Å². The first kappa shape index (κ1) is 27.9. The molecular formula is C28H45NO6. The first-order valence-electron chi connectivity index (χ1n) is 13.2. The van der Waals surface area contributed by atoms with E-state index in [4.69, 9.17) is 9.47 Å². The lowest BCUT2D eigenvalue weighted by Crippen LogP contribution is -2.60. The molecule has 198 valence electrons. The number of ketones is 1. The highest BCUT2D eigenvalue weighted by Gasteiger charge is 2.62. The number of ether oxygens (including phenoxy) is 2. The van der Waals surface area contributed by atoms with Crippen LogP contribution in [0.1, 0.15) is 80.1 Å². The average Bonchev–Trinajstić information content (AvgIpc) is 2.73. The second-order valence-electron chi connectivity index (χ2n) is 12.5. The number of aliphatic hydroxyl groups is 1. The molecule has 0 aromatic heterocycles. The van der Waals surface area contributed by atoms with Crippen molar-refractivity contribution in [1.82, 2.24) is 5.32 Å². The van der Waals surface area contributed by atoms with E-state index in [-0.39, 0.29) is 64.7 Å². The van der Waals surface area contributed by atoms with Crippen LogP contribution >= 0.6 is 0 Å². The molecule has 0 aromatic rings. The Morgan fingerprint density at radius 2 is 1.91 bits per heavy atom. The second-order valence-corrected chi connectivity index (χ2v) is 12.5. The Balaban J connectivity index is 1.77. The summed E-state index contributed by atoms with van der Waals surface area (Å²) < 4.78 is 11.2. The second kappa shape index (κ2) is 10.3.